The van der Waals surface area contributed by atoms with Crippen molar-refractivity contribution in [3.8, 4) is 5.75 Å². The highest BCUT2D eigenvalue weighted by molar-refractivity contribution is 6.30. The Balaban J connectivity index is 0.00000220. The fraction of sp³-hybridized carbons (Fsp3) is 0.625. The molecule has 1 fully saturated rings. The molecule has 1 N–H and O–H groups in total. The smallest absolute Gasteiger partial charge is 0.123 e. The lowest BCUT2D eigenvalue weighted by molar-refractivity contribution is 0.126. The van der Waals surface area contributed by atoms with Gasteiger partial charge in [0, 0.05) is 42.8 Å². The lowest BCUT2D eigenvalue weighted by Crippen LogP contribution is -2.46. The summed E-state index contributed by atoms with van der Waals surface area (Å²) in [5.41, 5.74) is 1.22. The highest BCUT2D eigenvalue weighted by atomic mass is 35.5. The fourth-order valence-corrected chi connectivity index (χ4v) is 3.16. The van der Waals surface area contributed by atoms with Crippen LogP contribution in [0.15, 0.2) is 18.2 Å². The molecule has 1 aromatic carbocycles. The van der Waals surface area contributed by atoms with Crippen molar-refractivity contribution in [1.82, 2.24) is 10.2 Å². The second-order valence-corrected chi connectivity index (χ2v) is 5.94. The van der Waals surface area contributed by atoms with Gasteiger partial charge < -0.3 is 10.1 Å². The molecule has 22 heavy (non-hydrogen) atoms. The van der Waals surface area contributed by atoms with E-state index in [1.54, 1.807) is 7.11 Å². The SMILES string of the molecule is CCC(C)[C@@H](c1cc(Cl)ccc1OC)N1CCNCC1.Cl.Cl. The second kappa shape index (κ2) is 10.6. The van der Waals surface area contributed by atoms with Gasteiger partial charge >= 0.3 is 0 Å². The topological polar surface area (TPSA) is 24.5 Å². The largest absolute Gasteiger partial charge is 0.496 e. The summed E-state index contributed by atoms with van der Waals surface area (Å²) >= 11 is 6.22. The molecule has 1 saturated heterocycles. The lowest BCUT2D eigenvalue weighted by atomic mass is 9.90. The molecule has 128 valence electrons. The van der Waals surface area contributed by atoms with Crippen molar-refractivity contribution in [1.29, 1.82) is 0 Å². The summed E-state index contributed by atoms with van der Waals surface area (Å²) in [6.45, 7) is 8.81. The van der Waals surface area contributed by atoms with E-state index in [2.05, 4.69) is 30.1 Å². The number of nitrogens with zero attached hydrogens (tertiary/aromatic N) is 1. The Bertz CT molecular complexity index is 439. The van der Waals surface area contributed by atoms with Gasteiger partial charge in [-0.05, 0) is 24.1 Å². The van der Waals surface area contributed by atoms with E-state index in [9.17, 15) is 0 Å². The molecule has 1 aliphatic rings. The molecule has 3 nitrogen and oxygen atoms in total. The van der Waals surface area contributed by atoms with Crippen molar-refractivity contribution in [2.24, 2.45) is 5.92 Å². The van der Waals surface area contributed by atoms with Gasteiger partial charge in [-0.3, -0.25) is 4.90 Å². The molecular formula is C16H27Cl3N2O. The van der Waals surface area contributed by atoms with Gasteiger partial charge in [0.15, 0.2) is 0 Å². The molecule has 2 atom stereocenters. The van der Waals surface area contributed by atoms with Crippen LogP contribution in [0.4, 0.5) is 0 Å². The van der Waals surface area contributed by atoms with Crippen LogP contribution in [-0.2, 0) is 0 Å². The average molecular weight is 370 g/mol. The summed E-state index contributed by atoms with van der Waals surface area (Å²) in [7, 11) is 1.73. The zero-order valence-corrected chi connectivity index (χ0v) is 15.9. The third-order valence-corrected chi connectivity index (χ3v) is 4.47. The second-order valence-electron chi connectivity index (χ2n) is 5.50. The Morgan fingerprint density at radius 2 is 1.91 bits per heavy atom. The van der Waals surface area contributed by atoms with E-state index in [1.165, 1.54) is 5.56 Å². The lowest BCUT2D eigenvalue weighted by Gasteiger charge is -2.39. The van der Waals surface area contributed by atoms with Crippen molar-refractivity contribution in [3.05, 3.63) is 28.8 Å². The fourth-order valence-electron chi connectivity index (χ4n) is 2.98. The molecule has 2 rings (SSSR count). The van der Waals surface area contributed by atoms with Crippen LogP contribution in [0.2, 0.25) is 5.02 Å². The minimum absolute atomic E-state index is 0. The normalized spacial score (nSPS) is 17.8. The number of halogens is 3. The van der Waals surface area contributed by atoms with Crippen LogP contribution in [0, 0.1) is 5.92 Å². The monoisotopic (exact) mass is 368 g/mol. The van der Waals surface area contributed by atoms with Gasteiger partial charge in [0.25, 0.3) is 0 Å². The summed E-state index contributed by atoms with van der Waals surface area (Å²) in [4.78, 5) is 2.55. The molecule has 1 heterocycles. The summed E-state index contributed by atoms with van der Waals surface area (Å²) in [5, 5.41) is 4.20. The summed E-state index contributed by atoms with van der Waals surface area (Å²) < 4.78 is 5.57. The van der Waals surface area contributed by atoms with Crippen molar-refractivity contribution in [2.45, 2.75) is 26.3 Å². The maximum absolute atomic E-state index is 6.22. The molecule has 0 aromatic heterocycles. The highest BCUT2D eigenvalue weighted by Gasteiger charge is 2.28. The number of hydrogen-bond acceptors (Lipinski definition) is 3. The van der Waals surface area contributed by atoms with Crippen molar-refractivity contribution < 1.29 is 4.74 Å². The Morgan fingerprint density at radius 3 is 2.45 bits per heavy atom. The Kier molecular flexibility index (Phi) is 10.5. The maximum Gasteiger partial charge on any atom is 0.123 e. The molecule has 0 amide bonds. The van der Waals surface area contributed by atoms with Gasteiger partial charge in [-0.1, -0.05) is 31.9 Å². The number of piperazine rings is 1. The summed E-state index contributed by atoms with van der Waals surface area (Å²) in [6.07, 6.45) is 1.14. The number of nitrogens with one attached hydrogen (secondary N) is 1. The molecule has 0 radical (unpaired) electrons. The molecule has 1 aromatic rings. The van der Waals surface area contributed by atoms with Crippen LogP contribution in [0.25, 0.3) is 0 Å². The van der Waals surface area contributed by atoms with Gasteiger partial charge in [0.1, 0.15) is 5.75 Å². The van der Waals surface area contributed by atoms with E-state index < -0.39 is 0 Å². The van der Waals surface area contributed by atoms with Gasteiger partial charge in [0.2, 0.25) is 0 Å². The van der Waals surface area contributed by atoms with E-state index >= 15 is 0 Å². The third kappa shape index (κ3) is 5.17. The van der Waals surface area contributed by atoms with E-state index in [4.69, 9.17) is 16.3 Å². The average Bonchev–Trinajstić information content (AvgIpc) is 2.48. The number of rotatable bonds is 5. The zero-order valence-electron chi connectivity index (χ0n) is 13.5. The van der Waals surface area contributed by atoms with Crippen LogP contribution in [0.3, 0.4) is 0 Å². The summed E-state index contributed by atoms with van der Waals surface area (Å²) in [5.74, 6) is 1.51. The first-order valence-corrected chi connectivity index (χ1v) is 7.83. The van der Waals surface area contributed by atoms with Gasteiger partial charge in [-0.2, -0.15) is 0 Å². The molecule has 0 saturated carbocycles. The predicted octanol–water partition coefficient (Wildman–Crippen LogP) is 4.18. The first kappa shape index (κ1) is 21.8. The Labute approximate surface area is 151 Å². The van der Waals surface area contributed by atoms with Gasteiger partial charge in [-0.15, -0.1) is 24.8 Å². The predicted molar refractivity (Wildman–Crippen MR) is 99.1 cm³/mol. The third-order valence-electron chi connectivity index (χ3n) is 4.24. The summed E-state index contributed by atoms with van der Waals surface area (Å²) in [6, 6.07) is 6.32. The van der Waals surface area contributed by atoms with E-state index in [-0.39, 0.29) is 24.8 Å². The Hall–Kier alpha value is -0.190. The van der Waals surface area contributed by atoms with Gasteiger partial charge in [0.05, 0.1) is 7.11 Å². The van der Waals surface area contributed by atoms with Crippen molar-refractivity contribution >= 4 is 36.4 Å². The number of methoxy groups -OCH3 is 1. The first-order valence-electron chi connectivity index (χ1n) is 7.45. The van der Waals surface area contributed by atoms with Crippen LogP contribution in [-0.4, -0.2) is 38.2 Å². The van der Waals surface area contributed by atoms with Crippen molar-refractivity contribution in [3.63, 3.8) is 0 Å². The van der Waals surface area contributed by atoms with E-state index in [0.29, 0.717) is 12.0 Å². The molecular weight excluding hydrogens is 343 g/mol. The Morgan fingerprint density at radius 1 is 1.27 bits per heavy atom. The molecule has 0 spiro atoms. The maximum atomic E-state index is 6.22. The molecule has 0 bridgehead atoms. The van der Waals surface area contributed by atoms with Gasteiger partial charge in [-0.25, -0.2) is 0 Å². The number of ether oxygens (including phenoxy) is 1. The van der Waals surface area contributed by atoms with E-state index in [1.807, 2.05) is 12.1 Å². The van der Waals surface area contributed by atoms with Crippen LogP contribution < -0.4 is 10.1 Å². The molecule has 1 unspecified atom stereocenters. The molecule has 6 heteroatoms. The minimum atomic E-state index is 0. The van der Waals surface area contributed by atoms with Crippen LogP contribution in [0.1, 0.15) is 31.9 Å². The number of benzene rings is 1. The standard InChI is InChI=1S/C16H25ClN2O.2ClH/c1-4-12(2)16(19-9-7-18-8-10-19)14-11-13(17)5-6-15(14)20-3;;/h5-6,11-12,16,18H,4,7-10H2,1-3H3;2*1H/t12?,16-;;/m0../s1. The van der Waals surface area contributed by atoms with E-state index in [0.717, 1.165) is 43.4 Å². The van der Waals surface area contributed by atoms with Crippen molar-refractivity contribution in [2.75, 3.05) is 33.3 Å². The molecule has 1 aliphatic heterocycles. The minimum Gasteiger partial charge on any atom is -0.496 e. The molecule has 0 aliphatic carbocycles. The quantitative estimate of drug-likeness (QED) is 0.842. The first-order chi connectivity index (χ1) is 9.67. The van der Waals surface area contributed by atoms with Crippen LogP contribution >= 0.6 is 36.4 Å². The zero-order chi connectivity index (χ0) is 14.5. The number of hydrogen-bond donors (Lipinski definition) is 1. The van der Waals surface area contributed by atoms with Crippen LogP contribution in [0.5, 0.6) is 5.75 Å². The highest BCUT2D eigenvalue weighted by Crippen LogP contribution is 2.37.